The lowest BCUT2D eigenvalue weighted by Crippen LogP contribution is -2.42. The van der Waals surface area contributed by atoms with Gasteiger partial charge in [-0.2, -0.15) is 15.0 Å². The van der Waals surface area contributed by atoms with E-state index in [1.165, 1.54) is 4.80 Å². The maximum Gasteiger partial charge on any atom is 0.114 e. The molecule has 0 aliphatic heterocycles. The van der Waals surface area contributed by atoms with Crippen molar-refractivity contribution < 1.29 is 5.11 Å². The van der Waals surface area contributed by atoms with Gasteiger partial charge in [0.25, 0.3) is 0 Å². The molecule has 66 valence electrons. The summed E-state index contributed by atoms with van der Waals surface area (Å²) in [6.07, 6.45) is 3.54. The van der Waals surface area contributed by atoms with Gasteiger partial charge in [0.2, 0.25) is 0 Å². The molecule has 2 rings (SSSR count). The van der Waals surface area contributed by atoms with Crippen molar-refractivity contribution in [1.29, 1.82) is 0 Å². The number of aryl methyl sites for hydroxylation is 1. The summed E-state index contributed by atoms with van der Waals surface area (Å²) < 4.78 is 0. The van der Waals surface area contributed by atoms with E-state index >= 15 is 0 Å². The first kappa shape index (κ1) is 7.73. The number of hydrogen-bond donors (Lipinski definition) is 1. The molecule has 1 aromatic rings. The van der Waals surface area contributed by atoms with Crippen molar-refractivity contribution in [3.8, 4) is 0 Å². The molecule has 1 heterocycles. The molecule has 1 aliphatic carbocycles. The van der Waals surface area contributed by atoms with Gasteiger partial charge in [-0.25, -0.2) is 0 Å². The summed E-state index contributed by atoms with van der Waals surface area (Å²) in [6, 6.07) is 0. The molecular weight excluding hydrogens is 154 g/mol. The number of nitrogens with zero attached hydrogens (tertiary/aromatic N) is 3. The summed E-state index contributed by atoms with van der Waals surface area (Å²) in [7, 11) is 1.76. The quantitative estimate of drug-likeness (QED) is 0.660. The lowest BCUT2D eigenvalue weighted by Gasteiger charge is -2.41. The highest BCUT2D eigenvalue weighted by Crippen LogP contribution is 2.45. The summed E-state index contributed by atoms with van der Waals surface area (Å²) in [5.74, 6) is 0.314. The standard InChI is InChI=1S/C8H13N3O/c1-6-3-4-8(6,12)7-5-9-11(2)10-7/h5-6,12H,3-4H2,1-2H3. The Bertz CT molecular complexity index is 296. The SMILES string of the molecule is CC1CCC1(O)c1cnn(C)n1. The van der Waals surface area contributed by atoms with Crippen molar-refractivity contribution >= 4 is 0 Å². The van der Waals surface area contributed by atoms with Crippen LogP contribution in [0.25, 0.3) is 0 Å². The normalized spacial score (nSPS) is 34.8. The Morgan fingerprint density at radius 1 is 1.75 bits per heavy atom. The van der Waals surface area contributed by atoms with Gasteiger partial charge < -0.3 is 5.11 Å². The van der Waals surface area contributed by atoms with E-state index in [9.17, 15) is 5.11 Å². The third kappa shape index (κ3) is 0.876. The predicted molar refractivity (Wildman–Crippen MR) is 43.3 cm³/mol. The largest absolute Gasteiger partial charge is 0.383 e. The van der Waals surface area contributed by atoms with Crippen LogP contribution in [-0.4, -0.2) is 20.1 Å². The molecule has 0 aromatic carbocycles. The van der Waals surface area contributed by atoms with Crippen LogP contribution in [0.2, 0.25) is 0 Å². The van der Waals surface area contributed by atoms with Gasteiger partial charge in [0.05, 0.1) is 6.20 Å². The van der Waals surface area contributed by atoms with Gasteiger partial charge in [-0.1, -0.05) is 6.92 Å². The van der Waals surface area contributed by atoms with Crippen molar-refractivity contribution in [2.75, 3.05) is 0 Å². The first-order valence-electron chi connectivity index (χ1n) is 4.22. The van der Waals surface area contributed by atoms with Crippen LogP contribution in [0.5, 0.6) is 0 Å². The number of hydrogen-bond acceptors (Lipinski definition) is 3. The molecule has 1 saturated carbocycles. The molecule has 4 nitrogen and oxygen atoms in total. The summed E-state index contributed by atoms with van der Waals surface area (Å²) in [5.41, 5.74) is 0.0117. The minimum atomic E-state index is -0.700. The molecule has 0 radical (unpaired) electrons. The Balaban J connectivity index is 2.30. The van der Waals surface area contributed by atoms with E-state index in [1.807, 2.05) is 6.92 Å². The van der Waals surface area contributed by atoms with Crippen LogP contribution in [0.15, 0.2) is 6.20 Å². The number of aromatic nitrogens is 3. The molecule has 2 unspecified atom stereocenters. The minimum Gasteiger partial charge on any atom is -0.383 e. The van der Waals surface area contributed by atoms with Gasteiger partial charge in [-0.05, 0) is 18.8 Å². The Morgan fingerprint density at radius 2 is 2.50 bits per heavy atom. The highest BCUT2D eigenvalue weighted by atomic mass is 16.3. The molecule has 12 heavy (non-hydrogen) atoms. The summed E-state index contributed by atoms with van der Waals surface area (Å²) >= 11 is 0. The average molecular weight is 167 g/mol. The van der Waals surface area contributed by atoms with Gasteiger partial charge in [0, 0.05) is 7.05 Å². The van der Waals surface area contributed by atoms with Crippen LogP contribution in [0.3, 0.4) is 0 Å². The molecule has 1 aromatic heterocycles. The van der Waals surface area contributed by atoms with Crippen LogP contribution in [0, 0.1) is 5.92 Å². The second kappa shape index (κ2) is 2.29. The average Bonchev–Trinajstić information content (AvgIpc) is 2.47. The van der Waals surface area contributed by atoms with Gasteiger partial charge in [-0.15, -0.1) is 0 Å². The topological polar surface area (TPSA) is 50.9 Å². The Labute approximate surface area is 71.2 Å². The molecular formula is C8H13N3O. The molecule has 0 spiro atoms. The molecule has 0 bridgehead atoms. The zero-order valence-corrected chi connectivity index (χ0v) is 7.36. The van der Waals surface area contributed by atoms with Crippen molar-refractivity contribution in [1.82, 2.24) is 15.0 Å². The molecule has 0 amide bonds. The van der Waals surface area contributed by atoms with E-state index in [2.05, 4.69) is 10.2 Å². The molecule has 1 N–H and O–H groups in total. The monoisotopic (exact) mass is 167 g/mol. The van der Waals surface area contributed by atoms with Gasteiger partial charge in [0.15, 0.2) is 0 Å². The van der Waals surface area contributed by atoms with Crippen LogP contribution in [0.1, 0.15) is 25.5 Å². The maximum absolute atomic E-state index is 10.0. The smallest absolute Gasteiger partial charge is 0.114 e. The summed E-state index contributed by atoms with van der Waals surface area (Å²) in [6.45, 7) is 2.04. The van der Waals surface area contributed by atoms with Gasteiger partial charge in [0.1, 0.15) is 11.3 Å². The first-order chi connectivity index (χ1) is 5.63. The zero-order valence-electron chi connectivity index (χ0n) is 7.36. The molecule has 1 aliphatic rings. The third-order valence-electron chi connectivity index (χ3n) is 2.82. The van der Waals surface area contributed by atoms with Crippen LogP contribution in [0.4, 0.5) is 0 Å². The number of aliphatic hydroxyl groups is 1. The maximum atomic E-state index is 10.0. The highest BCUT2D eigenvalue weighted by Gasteiger charge is 2.45. The van der Waals surface area contributed by atoms with Crippen molar-refractivity contribution in [3.63, 3.8) is 0 Å². The molecule has 4 heteroatoms. The van der Waals surface area contributed by atoms with Crippen LogP contribution >= 0.6 is 0 Å². The second-order valence-electron chi connectivity index (χ2n) is 3.58. The molecule has 1 fully saturated rings. The van der Waals surface area contributed by atoms with E-state index in [0.29, 0.717) is 11.6 Å². The van der Waals surface area contributed by atoms with Gasteiger partial charge in [-0.3, -0.25) is 0 Å². The minimum absolute atomic E-state index is 0.314. The summed E-state index contributed by atoms with van der Waals surface area (Å²) in [5, 5.41) is 18.1. The fourth-order valence-electron chi connectivity index (χ4n) is 1.63. The first-order valence-corrected chi connectivity index (χ1v) is 4.22. The lowest BCUT2D eigenvalue weighted by molar-refractivity contribution is -0.0967. The Hall–Kier alpha value is -0.900. The van der Waals surface area contributed by atoms with E-state index in [0.717, 1.165) is 12.8 Å². The zero-order chi connectivity index (χ0) is 8.77. The van der Waals surface area contributed by atoms with E-state index in [4.69, 9.17) is 0 Å². The molecule has 0 saturated heterocycles. The van der Waals surface area contributed by atoms with E-state index in [-0.39, 0.29) is 0 Å². The van der Waals surface area contributed by atoms with E-state index in [1.54, 1.807) is 13.2 Å². The van der Waals surface area contributed by atoms with Crippen LogP contribution in [-0.2, 0) is 12.6 Å². The van der Waals surface area contributed by atoms with Crippen molar-refractivity contribution in [3.05, 3.63) is 11.9 Å². The Kier molecular flexibility index (Phi) is 1.48. The fourth-order valence-corrected chi connectivity index (χ4v) is 1.63. The Morgan fingerprint density at radius 3 is 2.83 bits per heavy atom. The highest BCUT2D eigenvalue weighted by molar-refractivity contribution is 5.12. The van der Waals surface area contributed by atoms with Crippen LogP contribution < -0.4 is 0 Å². The van der Waals surface area contributed by atoms with Crippen molar-refractivity contribution in [2.45, 2.75) is 25.4 Å². The lowest BCUT2D eigenvalue weighted by atomic mass is 9.69. The van der Waals surface area contributed by atoms with Gasteiger partial charge >= 0.3 is 0 Å². The fraction of sp³-hybridized carbons (Fsp3) is 0.750. The third-order valence-corrected chi connectivity index (χ3v) is 2.82. The summed E-state index contributed by atoms with van der Waals surface area (Å²) in [4.78, 5) is 1.48. The molecule has 2 atom stereocenters. The predicted octanol–water partition coefficient (Wildman–Crippen LogP) is 0.433. The van der Waals surface area contributed by atoms with E-state index < -0.39 is 5.60 Å². The van der Waals surface area contributed by atoms with Crippen molar-refractivity contribution in [2.24, 2.45) is 13.0 Å². The number of rotatable bonds is 1. The second-order valence-corrected chi connectivity index (χ2v) is 3.58.